The first-order valence-electron chi connectivity index (χ1n) is 6.85. The minimum absolute atomic E-state index is 0.0858. The Balaban J connectivity index is 1.80. The van der Waals surface area contributed by atoms with Crippen LogP contribution in [0.1, 0.15) is 28.4 Å². The molecule has 0 bridgehead atoms. The number of carbonyl (C=O) groups is 1. The third kappa shape index (κ3) is 2.85. The molecule has 1 N–H and O–H groups in total. The second-order valence-corrected chi connectivity index (χ2v) is 5.55. The van der Waals surface area contributed by atoms with Crippen LogP contribution in [0.4, 0.5) is 5.82 Å². The summed E-state index contributed by atoms with van der Waals surface area (Å²) in [5, 5.41) is 9.27. The second-order valence-electron chi connectivity index (χ2n) is 5.15. The molecule has 1 unspecified atom stereocenters. The Morgan fingerprint density at radius 1 is 1.24 bits per heavy atom. The van der Waals surface area contributed by atoms with Gasteiger partial charge in [-0.2, -0.15) is 0 Å². The summed E-state index contributed by atoms with van der Waals surface area (Å²) >= 11 is 5.86. The van der Waals surface area contributed by atoms with Gasteiger partial charge in [0.1, 0.15) is 5.82 Å². The van der Waals surface area contributed by atoms with Crippen LogP contribution in [0.2, 0.25) is 5.02 Å². The van der Waals surface area contributed by atoms with Crippen LogP contribution in [0.5, 0.6) is 0 Å². The van der Waals surface area contributed by atoms with Crippen molar-refractivity contribution in [2.24, 2.45) is 0 Å². The van der Waals surface area contributed by atoms with E-state index in [0.29, 0.717) is 11.7 Å². The Morgan fingerprint density at radius 2 is 2.00 bits per heavy atom. The number of hydrogen-bond acceptors (Lipinski definition) is 3. The Bertz CT molecular complexity index is 661. The van der Waals surface area contributed by atoms with Crippen molar-refractivity contribution < 1.29 is 9.90 Å². The topological polar surface area (TPSA) is 53.4 Å². The highest BCUT2D eigenvalue weighted by Gasteiger charge is 2.25. The normalized spacial score (nSPS) is 18.0. The van der Waals surface area contributed by atoms with Gasteiger partial charge in [0.05, 0.1) is 5.02 Å². The SMILES string of the molecule is O=C(O)c1nc(N2CCC(c3ccccc3)C2)ccc1Cl. The van der Waals surface area contributed by atoms with Gasteiger partial charge < -0.3 is 10.0 Å². The lowest BCUT2D eigenvalue weighted by Crippen LogP contribution is -2.21. The first-order chi connectivity index (χ1) is 10.1. The molecule has 1 aromatic carbocycles. The predicted molar refractivity (Wildman–Crippen MR) is 82.2 cm³/mol. The lowest BCUT2D eigenvalue weighted by molar-refractivity contribution is 0.0691. The summed E-state index contributed by atoms with van der Waals surface area (Å²) in [5.74, 6) is 0.0350. The molecule has 1 atom stereocenters. The predicted octanol–water partition coefficient (Wildman–Crippen LogP) is 3.43. The molecule has 2 aromatic rings. The van der Waals surface area contributed by atoms with Crippen molar-refractivity contribution in [3.63, 3.8) is 0 Å². The number of anilines is 1. The van der Waals surface area contributed by atoms with Crippen molar-refractivity contribution in [1.82, 2.24) is 4.98 Å². The summed E-state index contributed by atoms with van der Waals surface area (Å²) in [5.41, 5.74) is 1.23. The zero-order chi connectivity index (χ0) is 14.8. The Labute approximate surface area is 128 Å². The highest BCUT2D eigenvalue weighted by atomic mass is 35.5. The van der Waals surface area contributed by atoms with Crippen LogP contribution in [0.15, 0.2) is 42.5 Å². The fourth-order valence-corrected chi connectivity index (χ4v) is 2.91. The molecule has 0 spiro atoms. The summed E-state index contributed by atoms with van der Waals surface area (Å²) in [4.78, 5) is 17.4. The Hall–Kier alpha value is -2.07. The molecule has 4 nitrogen and oxygen atoms in total. The van der Waals surface area contributed by atoms with Crippen molar-refractivity contribution in [3.8, 4) is 0 Å². The largest absolute Gasteiger partial charge is 0.476 e. The molecule has 5 heteroatoms. The quantitative estimate of drug-likeness (QED) is 0.944. The van der Waals surface area contributed by atoms with E-state index in [1.807, 2.05) is 18.2 Å². The van der Waals surface area contributed by atoms with E-state index in [2.05, 4.69) is 22.0 Å². The average Bonchev–Trinajstić information content (AvgIpc) is 2.98. The van der Waals surface area contributed by atoms with Crippen LogP contribution in [0.25, 0.3) is 0 Å². The number of aromatic carboxylic acids is 1. The van der Waals surface area contributed by atoms with Gasteiger partial charge in [0.2, 0.25) is 0 Å². The van der Waals surface area contributed by atoms with Gasteiger partial charge in [-0.15, -0.1) is 0 Å². The molecule has 0 radical (unpaired) electrons. The number of halogens is 1. The monoisotopic (exact) mass is 302 g/mol. The van der Waals surface area contributed by atoms with Crippen LogP contribution in [-0.4, -0.2) is 29.1 Å². The van der Waals surface area contributed by atoms with Gasteiger partial charge in [-0.25, -0.2) is 9.78 Å². The molecule has 1 aliphatic heterocycles. The minimum Gasteiger partial charge on any atom is -0.476 e. The van der Waals surface area contributed by atoms with Crippen LogP contribution in [0, 0.1) is 0 Å². The lowest BCUT2D eigenvalue weighted by atomic mass is 9.99. The van der Waals surface area contributed by atoms with Gasteiger partial charge in [-0.05, 0) is 24.1 Å². The number of hydrogen-bond donors (Lipinski definition) is 1. The summed E-state index contributed by atoms with van der Waals surface area (Å²) in [6, 6.07) is 13.7. The smallest absolute Gasteiger partial charge is 0.356 e. The second kappa shape index (κ2) is 5.74. The van der Waals surface area contributed by atoms with Crippen LogP contribution >= 0.6 is 11.6 Å². The highest BCUT2D eigenvalue weighted by molar-refractivity contribution is 6.33. The number of benzene rings is 1. The van der Waals surface area contributed by atoms with Gasteiger partial charge in [-0.1, -0.05) is 41.9 Å². The van der Waals surface area contributed by atoms with Crippen molar-refractivity contribution in [2.45, 2.75) is 12.3 Å². The molecule has 1 aliphatic rings. The zero-order valence-electron chi connectivity index (χ0n) is 11.4. The van der Waals surface area contributed by atoms with E-state index in [1.165, 1.54) is 5.56 Å². The van der Waals surface area contributed by atoms with E-state index in [4.69, 9.17) is 16.7 Å². The summed E-state index contributed by atoms with van der Waals surface area (Å²) in [6.07, 6.45) is 1.04. The third-order valence-corrected chi connectivity index (χ3v) is 4.12. The first kappa shape index (κ1) is 13.9. The first-order valence-corrected chi connectivity index (χ1v) is 7.22. The van der Waals surface area contributed by atoms with E-state index < -0.39 is 5.97 Å². The maximum absolute atomic E-state index is 11.1. The Morgan fingerprint density at radius 3 is 2.71 bits per heavy atom. The highest BCUT2D eigenvalue weighted by Crippen LogP contribution is 2.30. The summed E-state index contributed by atoms with van der Waals surface area (Å²) < 4.78 is 0. The molecule has 0 aliphatic carbocycles. The van der Waals surface area contributed by atoms with Gasteiger partial charge in [0.25, 0.3) is 0 Å². The number of rotatable bonds is 3. The van der Waals surface area contributed by atoms with E-state index in [0.717, 1.165) is 19.5 Å². The summed E-state index contributed by atoms with van der Waals surface area (Å²) in [7, 11) is 0. The standard InChI is InChI=1S/C16H15ClN2O2/c17-13-6-7-14(18-15(13)16(20)21)19-9-8-12(10-19)11-4-2-1-3-5-11/h1-7,12H,8-10H2,(H,20,21). The maximum atomic E-state index is 11.1. The number of carboxylic acids is 1. The Kier molecular flexibility index (Phi) is 3.80. The molecule has 3 rings (SSSR count). The van der Waals surface area contributed by atoms with E-state index in [9.17, 15) is 4.79 Å². The molecule has 1 fully saturated rings. The van der Waals surface area contributed by atoms with E-state index >= 15 is 0 Å². The lowest BCUT2D eigenvalue weighted by Gasteiger charge is -2.18. The molecule has 108 valence electrons. The molecule has 21 heavy (non-hydrogen) atoms. The zero-order valence-corrected chi connectivity index (χ0v) is 12.1. The van der Waals surface area contributed by atoms with Crippen molar-refractivity contribution in [1.29, 1.82) is 0 Å². The molecule has 0 amide bonds. The molecular weight excluding hydrogens is 288 g/mol. The fourth-order valence-electron chi connectivity index (χ4n) is 2.72. The van der Waals surface area contributed by atoms with Gasteiger partial charge in [0, 0.05) is 19.0 Å². The minimum atomic E-state index is -1.10. The van der Waals surface area contributed by atoms with Crippen molar-refractivity contribution in [3.05, 3.63) is 58.7 Å². The van der Waals surface area contributed by atoms with E-state index in [1.54, 1.807) is 12.1 Å². The molecule has 0 saturated carbocycles. The number of pyridine rings is 1. The van der Waals surface area contributed by atoms with Crippen molar-refractivity contribution in [2.75, 3.05) is 18.0 Å². The number of carboxylic acid groups (broad SMARTS) is 1. The molecule has 1 aromatic heterocycles. The molecule has 2 heterocycles. The van der Waals surface area contributed by atoms with E-state index in [-0.39, 0.29) is 10.7 Å². The average molecular weight is 303 g/mol. The van der Waals surface area contributed by atoms with Crippen LogP contribution in [-0.2, 0) is 0 Å². The number of aromatic nitrogens is 1. The molecular formula is C16H15ClN2O2. The fraction of sp³-hybridized carbons (Fsp3) is 0.250. The van der Waals surface area contributed by atoms with Gasteiger partial charge in [-0.3, -0.25) is 0 Å². The number of nitrogens with zero attached hydrogens (tertiary/aromatic N) is 2. The van der Waals surface area contributed by atoms with Crippen LogP contribution < -0.4 is 4.90 Å². The molecule has 1 saturated heterocycles. The van der Waals surface area contributed by atoms with Crippen molar-refractivity contribution >= 4 is 23.4 Å². The van der Waals surface area contributed by atoms with Crippen LogP contribution in [0.3, 0.4) is 0 Å². The maximum Gasteiger partial charge on any atom is 0.356 e. The summed E-state index contributed by atoms with van der Waals surface area (Å²) in [6.45, 7) is 1.71. The third-order valence-electron chi connectivity index (χ3n) is 3.82. The van der Waals surface area contributed by atoms with Gasteiger partial charge in [0.15, 0.2) is 5.69 Å². The van der Waals surface area contributed by atoms with Gasteiger partial charge >= 0.3 is 5.97 Å².